The standard InChI is InChI=1S/C10H16N4O.ClH/c1-14-6-4-9(13-14)12-10(15)8-3-2-5-11-7-8;/h4,6,8,11H,2-3,5,7H2,1H3,(H,12,13,15);1H. The van der Waals surface area contributed by atoms with Crippen LogP contribution in [0.2, 0.25) is 0 Å². The smallest absolute Gasteiger partial charge is 0.229 e. The third kappa shape index (κ3) is 3.21. The van der Waals surface area contributed by atoms with Crippen molar-refractivity contribution in [1.82, 2.24) is 15.1 Å². The van der Waals surface area contributed by atoms with E-state index >= 15 is 0 Å². The molecule has 5 nitrogen and oxygen atoms in total. The van der Waals surface area contributed by atoms with Gasteiger partial charge in [0.2, 0.25) is 5.91 Å². The second-order valence-electron chi connectivity index (χ2n) is 3.91. The number of nitrogens with one attached hydrogen (secondary N) is 2. The largest absolute Gasteiger partial charge is 0.316 e. The quantitative estimate of drug-likeness (QED) is 0.809. The number of rotatable bonds is 2. The molecule has 16 heavy (non-hydrogen) atoms. The van der Waals surface area contributed by atoms with E-state index < -0.39 is 0 Å². The molecule has 1 fully saturated rings. The number of carbonyl (C=O) groups excluding carboxylic acids is 1. The summed E-state index contributed by atoms with van der Waals surface area (Å²) in [4.78, 5) is 11.8. The lowest BCUT2D eigenvalue weighted by molar-refractivity contribution is -0.120. The molecule has 0 aromatic carbocycles. The normalized spacial score (nSPS) is 19.9. The van der Waals surface area contributed by atoms with Crippen molar-refractivity contribution in [2.24, 2.45) is 13.0 Å². The van der Waals surface area contributed by atoms with Gasteiger partial charge in [-0.05, 0) is 19.4 Å². The van der Waals surface area contributed by atoms with E-state index in [1.807, 2.05) is 13.2 Å². The van der Waals surface area contributed by atoms with Gasteiger partial charge < -0.3 is 10.6 Å². The fourth-order valence-electron chi connectivity index (χ4n) is 1.79. The number of piperidine rings is 1. The SMILES string of the molecule is Cl.Cn1ccc(NC(=O)C2CCCNC2)n1. The molecule has 0 saturated carbocycles. The minimum absolute atomic E-state index is 0. The summed E-state index contributed by atoms with van der Waals surface area (Å²) in [6.07, 6.45) is 3.85. The number of carbonyl (C=O) groups is 1. The van der Waals surface area contributed by atoms with E-state index in [0.717, 1.165) is 25.9 Å². The van der Waals surface area contributed by atoms with Gasteiger partial charge in [0.05, 0.1) is 5.92 Å². The van der Waals surface area contributed by atoms with E-state index in [4.69, 9.17) is 0 Å². The summed E-state index contributed by atoms with van der Waals surface area (Å²) >= 11 is 0. The van der Waals surface area contributed by atoms with Gasteiger partial charge in [0.15, 0.2) is 5.82 Å². The van der Waals surface area contributed by atoms with Crippen LogP contribution in [0.5, 0.6) is 0 Å². The maximum atomic E-state index is 11.8. The van der Waals surface area contributed by atoms with Gasteiger partial charge in [-0.15, -0.1) is 12.4 Å². The Labute approximate surface area is 101 Å². The van der Waals surface area contributed by atoms with E-state index in [-0.39, 0.29) is 24.2 Å². The number of hydrogen-bond acceptors (Lipinski definition) is 3. The first-order chi connectivity index (χ1) is 7.25. The van der Waals surface area contributed by atoms with E-state index in [1.165, 1.54) is 0 Å². The number of aromatic nitrogens is 2. The molecule has 2 N–H and O–H groups in total. The van der Waals surface area contributed by atoms with Crippen molar-refractivity contribution in [3.05, 3.63) is 12.3 Å². The monoisotopic (exact) mass is 244 g/mol. The van der Waals surface area contributed by atoms with Gasteiger partial charge in [-0.3, -0.25) is 9.48 Å². The topological polar surface area (TPSA) is 59.0 Å². The molecule has 0 spiro atoms. The molecule has 1 unspecified atom stereocenters. The van der Waals surface area contributed by atoms with Gasteiger partial charge in [-0.1, -0.05) is 0 Å². The van der Waals surface area contributed by atoms with Crippen molar-refractivity contribution < 1.29 is 4.79 Å². The van der Waals surface area contributed by atoms with Crippen LogP contribution in [0.1, 0.15) is 12.8 Å². The molecule has 2 rings (SSSR count). The Morgan fingerprint density at radius 3 is 3.06 bits per heavy atom. The van der Waals surface area contributed by atoms with Crippen LogP contribution in [-0.2, 0) is 11.8 Å². The Hall–Kier alpha value is -1.07. The van der Waals surface area contributed by atoms with Crippen LogP contribution < -0.4 is 10.6 Å². The molecule has 90 valence electrons. The fraction of sp³-hybridized carbons (Fsp3) is 0.600. The molecule has 1 aromatic rings. The first-order valence-corrected chi connectivity index (χ1v) is 5.27. The van der Waals surface area contributed by atoms with Gasteiger partial charge in [-0.25, -0.2) is 0 Å². The highest BCUT2D eigenvalue weighted by atomic mass is 35.5. The van der Waals surface area contributed by atoms with Crippen LogP contribution >= 0.6 is 12.4 Å². The third-order valence-electron chi connectivity index (χ3n) is 2.63. The zero-order valence-electron chi connectivity index (χ0n) is 9.27. The van der Waals surface area contributed by atoms with Crippen LogP contribution in [0.15, 0.2) is 12.3 Å². The van der Waals surface area contributed by atoms with Gasteiger partial charge in [-0.2, -0.15) is 5.10 Å². The first kappa shape index (κ1) is 13.0. The van der Waals surface area contributed by atoms with Crippen molar-refractivity contribution in [3.8, 4) is 0 Å². The molecule has 0 radical (unpaired) electrons. The number of aryl methyl sites for hydroxylation is 1. The number of anilines is 1. The maximum Gasteiger partial charge on any atom is 0.229 e. The summed E-state index contributed by atoms with van der Waals surface area (Å²) < 4.78 is 1.68. The summed E-state index contributed by atoms with van der Waals surface area (Å²) in [7, 11) is 1.83. The second-order valence-corrected chi connectivity index (χ2v) is 3.91. The van der Waals surface area contributed by atoms with Crippen LogP contribution in [0, 0.1) is 5.92 Å². The highest BCUT2D eigenvalue weighted by Crippen LogP contribution is 2.12. The summed E-state index contributed by atoms with van der Waals surface area (Å²) in [5, 5.41) is 10.2. The highest BCUT2D eigenvalue weighted by molar-refractivity contribution is 5.91. The van der Waals surface area contributed by atoms with E-state index in [0.29, 0.717) is 5.82 Å². The lowest BCUT2D eigenvalue weighted by Crippen LogP contribution is -2.37. The zero-order chi connectivity index (χ0) is 10.7. The second kappa shape index (κ2) is 5.86. The Kier molecular flexibility index (Phi) is 4.76. The predicted octanol–water partition coefficient (Wildman–Crippen LogP) is 0.780. The molecule has 2 heterocycles. The van der Waals surface area contributed by atoms with Crippen LogP contribution in [0.3, 0.4) is 0 Å². The van der Waals surface area contributed by atoms with Crippen molar-refractivity contribution in [1.29, 1.82) is 0 Å². The third-order valence-corrected chi connectivity index (χ3v) is 2.63. The molecule has 1 aliphatic rings. The molecule has 1 atom stereocenters. The Balaban J connectivity index is 0.00000128. The van der Waals surface area contributed by atoms with Crippen LogP contribution in [0.25, 0.3) is 0 Å². The maximum absolute atomic E-state index is 11.8. The van der Waals surface area contributed by atoms with E-state index in [2.05, 4.69) is 15.7 Å². The fourth-order valence-corrected chi connectivity index (χ4v) is 1.79. The molecule has 1 aliphatic heterocycles. The Morgan fingerprint density at radius 2 is 2.50 bits per heavy atom. The molecule has 0 bridgehead atoms. The Bertz CT molecular complexity index is 346. The van der Waals surface area contributed by atoms with Crippen molar-refractivity contribution in [2.45, 2.75) is 12.8 Å². The zero-order valence-corrected chi connectivity index (χ0v) is 10.1. The van der Waals surface area contributed by atoms with E-state index in [9.17, 15) is 4.79 Å². The molecular formula is C10H17ClN4O. The van der Waals surface area contributed by atoms with Gasteiger partial charge in [0.25, 0.3) is 0 Å². The number of halogens is 1. The molecule has 0 aliphatic carbocycles. The minimum Gasteiger partial charge on any atom is -0.316 e. The van der Waals surface area contributed by atoms with Crippen molar-refractivity contribution in [2.75, 3.05) is 18.4 Å². The molecule has 1 saturated heterocycles. The first-order valence-electron chi connectivity index (χ1n) is 5.27. The number of amides is 1. The Morgan fingerprint density at radius 1 is 1.69 bits per heavy atom. The average Bonchev–Trinajstić information content (AvgIpc) is 2.65. The average molecular weight is 245 g/mol. The molecule has 1 amide bonds. The molecule has 1 aromatic heterocycles. The van der Waals surface area contributed by atoms with Crippen LogP contribution in [-0.4, -0.2) is 28.8 Å². The van der Waals surface area contributed by atoms with Crippen molar-refractivity contribution in [3.63, 3.8) is 0 Å². The van der Waals surface area contributed by atoms with E-state index in [1.54, 1.807) is 10.7 Å². The van der Waals surface area contributed by atoms with Gasteiger partial charge in [0, 0.05) is 25.9 Å². The molecular weight excluding hydrogens is 228 g/mol. The summed E-state index contributed by atoms with van der Waals surface area (Å²) in [6.45, 7) is 1.80. The van der Waals surface area contributed by atoms with Gasteiger partial charge >= 0.3 is 0 Å². The summed E-state index contributed by atoms with van der Waals surface area (Å²) in [5.74, 6) is 0.787. The number of hydrogen-bond donors (Lipinski definition) is 2. The summed E-state index contributed by atoms with van der Waals surface area (Å²) in [6, 6.07) is 1.80. The summed E-state index contributed by atoms with van der Waals surface area (Å²) in [5.41, 5.74) is 0. The minimum atomic E-state index is 0. The van der Waals surface area contributed by atoms with Crippen LogP contribution in [0.4, 0.5) is 5.82 Å². The lowest BCUT2D eigenvalue weighted by atomic mass is 9.99. The molecule has 6 heteroatoms. The lowest BCUT2D eigenvalue weighted by Gasteiger charge is -2.21. The number of nitrogens with zero attached hydrogens (tertiary/aromatic N) is 2. The van der Waals surface area contributed by atoms with Crippen molar-refractivity contribution >= 4 is 24.1 Å². The van der Waals surface area contributed by atoms with Gasteiger partial charge in [0.1, 0.15) is 0 Å². The predicted molar refractivity (Wildman–Crippen MR) is 64.7 cm³/mol. The highest BCUT2D eigenvalue weighted by Gasteiger charge is 2.21.